The number of likely N-dealkylation sites (N-methyl/N-ethyl adjacent to an activating group) is 1. The molecular formula is C14H20N2O. The molecule has 2 aliphatic rings. The molecule has 0 unspecified atom stereocenters. The minimum atomic E-state index is 0.618. The van der Waals surface area contributed by atoms with Gasteiger partial charge in [0, 0.05) is 32.1 Å². The molecule has 0 saturated carbocycles. The second-order valence-electron chi connectivity index (χ2n) is 4.85. The smallest absolute Gasteiger partial charge is 0.142 e. The van der Waals surface area contributed by atoms with E-state index in [1.165, 1.54) is 18.8 Å². The van der Waals surface area contributed by atoms with E-state index in [9.17, 15) is 0 Å². The minimum absolute atomic E-state index is 0.618. The number of fused-ring (bicyclic) bond motifs is 3. The summed E-state index contributed by atoms with van der Waals surface area (Å²) in [7, 11) is 0. The summed E-state index contributed by atoms with van der Waals surface area (Å²) >= 11 is 0. The van der Waals surface area contributed by atoms with Gasteiger partial charge in [-0.25, -0.2) is 0 Å². The minimum Gasteiger partial charge on any atom is -0.491 e. The molecule has 0 bridgehead atoms. The molecule has 3 heteroatoms. The first-order valence-corrected chi connectivity index (χ1v) is 6.59. The summed E-state index contributed by atoms with van der Waals surface area (Å²) in [5.41, 5.74) is 1.28. The molecule has 0 N–H and O–H groups in total. The lowest BCUT2D eigenvalue weighted by atomic mass is 10.1. The Hall–Kier alpha value is -1.22. The van der Waals surface area contributed by atoms with Gasteiger partial charge < -0.3 is 9.64 Å². The van der Waals surface area contributed by atoms with E-state index in [1.54, 1.807) is 0 Å². The number of rotatable bonds is 1. The Labute approximate surface area is 103 Å². The van der Waals surface area contributed by atoms with E-state index >= 15 is 0 Å². The molecule has 1 atom stereocenters. The van der Waals surface area contributed by atoms with E-state index < -0.39 is 0 Å². The quantitative estimate of drug-likeness (QED) is 0.736. The Kier molecular flexibility index (Phi) is 2.93. The van der Waals surface area contributed by atoms with Gasteiger partial charge in [0.2, 0.25) is 0 Å². The third-order valence-corrected chi connectivity index (χ3v) is 3.90. The van der Waals surface area contributed by atoms with Gasteiger partial charge in [0.1, 0.15) is 5.75 Å². The summed E-state index contributed by atoms with van der Waals surface area (Å²) in [6.45, 7) is 7.72. The van der Waals surface area contributed by atoms with E-state index in [0.717, 1.165) is 31.9 Å². The fourth-order valence-corrected chi connectivity index (χ4v) is 2.89. The molecule has 2 aliphatic heterocycles. The zero-order chi connectivity index (χ0) is 11.7. The summed E-state index contributed by atoms with van der Waals surface area (Å²) < 4.78 is 5.85. The number of hydrogen-bond donors (Lipinski definition) is 0. The van der Waals surface area contributed by atoms with Gasteiger partial charge in [0.25, 0.3) is 0 Å². The van der Waals surface area contributed by atoms with Gasteiger partial charge in [-0.1, -0.05) is 19.1 Å². The first kappa shape index (κ1) is 10.9. The molecule has 92 valence electrons. The van der Waals surface area contributed by atoms with Crippen molar-refractivity contribution < 1.29 is 4.74 Å². The molecule has 1 aromatic carbocycles. The van der Waals surface area contributed by atoms with E-state index in [2.05, 4.69) is 41.0 Å². The Morgan fingerprint density at radius 1 is 1.29 bits per heavy atom. The van der Waals surface area contributed by atoms with Crippen LogP contribution in [0, 0.1) is 0 Å². The van der Waals surface area contributed by atoms with Gasteiger partial charge in [-0.15, -0.1) is 0 Å². The Balaban J connectivity index is 1.89. The van der Waals surface area contributed by atoms with E-state index in [-0.39, 0.29) is 0 Å². The van der Waals surface area contributed by atoms with Crippen molar-refractivity contribution in [3.63, 3.8) is 0 Å². The maximum absolute atomic E-state index is 5.85. The zero-order valence-electron chi connectivity index (χ0n) is 10.4. The van der Waals surface area contributed by atoms with Crippen molar-refractivity contribution in [2.75, 3.05) is 37.7 Å². The average Bonchev–Trinajstić information content (AvgIpc) is 2.57. The van der Waals surface area contributed by atoms with Crippen molar-refractivity contribution in [3.05, 3.63) is 24.3 Å². The first-order valence-electron chi connectivity index (χ1n) is 6.59. The van der Waals surface area contributed by atoms with E-state index in [1.807, 2.05) is 0 Å². The van der Waals surface area contributed by atoms with Gasteiger partial charge in [-0.3, -0.25) is 4.90 Å². The van der Waals surface area contributed by atoms with Crippen LogP contribution in [0.1, 0.15) is 13.3 Å². The summed E-state index contributed by atoms with van der Waals surface area (Å²) in [5.74, 6) is 1.06. The van der Waals surface area contributed by atoms with Crippen LogP contribution in [0.3, 0.4) is 0 Å². The number of hydrogen-bond acceptors (Lipinski definition) is 3. The maximum Gasteiger partial charge on any atom is 0.142 e. The number of benzene rings is 1. The van der Waals surface area contributed by atoms with Crippen LogP contribution >= 0.6 is 0 Å². The topological polar surface area (TPSA) is 15.7 Å². The second kappa shape index (κ2) is 4.57. The van der Waals surface area contributed by atoms with Crippen LogP contribution in [0.5, 0.6) is 5.75 Å². The molecular weight excluding hydrogens is 212 g/mol. The predicted molar refractivity (Wildman–Crippen MR) is 69.8 cm³/mol. The number of piperazine rings is 1. The third kappa shape index (κ3) is 2.00. The normalized spacial score (nSPS) is 24.5. The fraction of sp³-hybridized carbons (Fsp3) is 0.571. The fourth-order valence-electron chi connectivity index (χ4n) is 2.89. The summed E-state index contributed by atoms with van der Waals surface area (Å²) in [6, 6.07) is 9.06. The highest BCUT2D eigenvalue weighted by Gasteiger charge is 2.29. The monoisotopic (exact) mass is 232 g/mol. The van der Waals surface area contributed by atoms with Crippen LogP contribution in [0.2, 0.25) is 0 Å². The molecule has 0 amide bonds. The number of nitrogens with zero attached hydrogens (tertiary/aromatic N) is 2. The highest BCUT2D eigenvalue weighted by molar-refractivity contribution is 5.60. The highest BCUT2D eigenvalue weighted by atomic mass is 16.5. The van der Waals surface area contributed by atoms with Crippen LogP contribution in [-0.2, 0) is 0 Å². The molecule has 3 nitrogen and oxygen atoms in total. The van der Waals surface area contributed by atoms with Crippen molar-refractivity contribution in [2.24, 2.45) is 0 Å². The van der Waals surface area contributed by atoms with Crippen LogP contribution in [-0.4, -0.2) is 43.7 Å². The van der Waals surface area contributed by atoms with Gasteiger partial charge in [0.05, 0.1) is 12.3 Å². The average molecular weight is 232 g/mol. The Morgan fingerprint density at radius 2 is 2.18 bits per heavy atom. The van der Waals surface area contributed by atoms with Crippen molar-refractivity contribution in [1.82, 2.24) is 4.90 Å². The lowest BCUT2D eigenvalue weighted by Crippen LogP contribution is -2.53. The van der Waals surface area contributed by atoms with E-state index in [0.29, 0.717) is 6.04 Å². The van der Waals surface area contributed by atoms with Gasteiger partial charge in [-0.2, -0.15) is 0 Å². The van der Waals surface area contributed by atoms with Crippen molar-refractivity contribution in [2.45, 2.75) is 19.4 Å². The molecule has 1 saturated heterocycles. The zero-order valence-corrected chi connectivity index (χ0v) is 10.4. The number of para-hydroxylation sites is 2. The largest absolute Gasteiger partial charge is 0.491 e. The number of ether oxygens (including phenoxy) is 1. The Morgan fingerprint density at radius 3 is 3.06 bits per heavy atom. The molecule has 2 heterocycles. The standard InChI is InChI=1S/C14H20N2O/c1-2-15-8-9-16-12(11-15)7-10-17-14-6-4-3-5-13(14)16/h3-6,12H,2,7-11H2,1H3/t12-/m0/s1. The highest BCUT2D eigenvalue weighted by Crippen LogP contribution is 2.34. The Bertz CT molecular complexity index is 394. The lowest BCUT2D eigenvalue weighted by Gasteiger charge is -2.41. The predicted octanol–water partition coefficient (Wildman–Crippen LogP) is 1.98. The first-order chi connectivity index (χ1) is 8.38. The summed E-state index contributed by atoms with van der Waals surface area (Å²) in [5, 5.41) is 0. The summed E-state index contributed by atoms with van der Waals surface area (Å²) in [6.07, 6.45) is 1.13. The maximum atomic E-state index is 5.85. The molecule has 1 aromatic rings. The van der Waals surface area contributed by atoms with Crippen LogP contribution in [0.4, 0.5) is 5.69 Å². The van der Waals surface area contributed by atoms with Crippen molar-refractivity contribution >= 4 is 5.69 Å². The molecule has 0 aromatic heterocycles. The van der Waals surface area contributed by atoms with Gasteiger partial charge in [0.15, 0.2) is 0 Å². The molecule has 17 heavy (non-hydrogen) atoms. The SMILES string of the molecule is CCN1CCN2c3ccccc3OCC[C@H]2C1. The molecule has 0 spiro atoms. The number of anilines is 1. The molecule has 0 aliphatic carbocycles. The van der Waals surface area contributed by atoms with Crippen molar-refractivity contribution in [3.8, 4) is 5.75 Å². The second-order valence-corrected chi connectivity index (χ2v) is 4.85. The van der Waals surface area contributed by atoms with Gasteiger partial charge in [-0.05, 0) is 18.7 Å². The van der Waals surface area contributed by atoms with Crippen LogP contribution in [0.15, 0.2) is 24.3 Å². The molecule has 3 rings (SSSR count). The third-order valence-electron chi connectivity index (χ3n) is 3.90. The summed E-state index contributed by atoms with van der Waals surface area (Å²) in [4.78, 5) is 5.07. The lowest BCUT2D eigenvalue weighted by molar-refractivity contribution is 0.217. The van der Waals surface area contributed by atoms with Gasteiger partial charge >= 0.3 is 0 Å². The van der Waals surface area contributed by atoms with Crippen molar-refractivity contribution in [1.29, 1.82) is 0 Å². The molecule has 0 radical (unpaired) electrons. The van der Waals surface area contributed by atoms with Crippen LogP contribution in [0.25, 0.3) is 0 Å². The molecule has 1 fully saturated rings. The van der Waals surface area contributed by atoms with Crippen LogP contribution < -0.4 is 9.64 Å². The van der Waals surface area contributed by atoms with E-state index in [4.69, 9.17) is 4.74 Å².